The first-order valence-electron chi connectivity index (χ1n) is 7.26. The summed E-state index contributed by atoms with van der Waals surface area (Å²) in [4.78, 5) is 6.84. The second kappa shape index (κ2) is 8.19. The maximum absolute atomic E-state index is 5.40. The highest BCUT2D eigenvalue weighted by atomic mass is 16.5. The molecule has 2 rings (SSSR count). The molecule has 0 amide bonds. The largest absolute Gasteiger partial charge is 0.383 e. The molecule has 1 aromatic rings. The van der Waals surface area contributed by atoms with Crippen LogP contribution in [0.3, 0.4) is 0 Å². The van der Waals surface area contributed by atoms with E-state index >= 15 is 0 Å². The van der Waals surface area contributed by atoms with Crippen LogP contribution in [0.15, 0.2) is 18.3 Å². The van der Waals surface area contributed by atoms with Crippen LogP contribution in [-0.4, -0.2) is 51.5 Å². The highest BCUT2D eigenvalue weighted by molar-refractivity contribution is 5.39. The summed E-state index contributed by atoms with van der Waals surface area (Å²) in [7, 11) is 3.83. The van der Waals surface area contributed by atoms with Gasteiger partial charge < -0.3 is 19.7 Å². The van der Waals surface area contributed by atoms with Gasteiger partial charge in [-0.2, -0.15) is 0 Å². The fraction of sp³-hybridized carbons (Fsp3) is 0.667. The summed E-state index contributed by atoms with van der Waals surface area (Å²) in [6.45, 7) is 4.14. The lowest BCUT2D eigenvalue weighted by Crippen LogP contribution is -2.37. The summed E-state index contributed by atoms with van der Waals surface area (Å²) in [5.41, 5.74) is 1.20. The van der Waals surface area contributed by atoms with E-state index < -0.39 is 0 Å². The third kappa shape index (κ3) is 4.44. The summed E-state index contributed by atoms with van der Waals surface area (Å²) in [6, 6.07) is 4.78. The van der Waals surface area contributed by atoms with Crippen molar-refractivity contribution in [2.24, 2.45) is 0 Å². The first kappa shape index (κ1) is 15.2. The molecule has 5 heteroatoms. The maximum atomic E-state index is 5.40. The molecule has 1 fully saturated rings. The second-order valence-electron chi connectivity index (χ2n) is 5.15. The Bertz CT molecular complexity index is 377. The Hall–Kier alpha value is -1.17. The third-order valence-electron chi connectivity index (χ3n) is 3.72. The molecule has 2 heterocycles. The number of rotatable bonds is 7. The van der Waals surface area contributed by atoms with Crippen LogP contribution in [0.4, 0.5) is 5.82 Å². The van der Waals surface area contributed by atoms with Crippen molar-refractivity contribution < 1.29 is 9.47 Å². The van der Waals surface area contributed by atoms with Gasteiger partial charge >= 0.3 is 0 Å². The lowest BCUT2D eigenvalue weighted by Gasteiger charge is -2.32. The molecule has 0 atom stereocenters. The molecule has 112 valence electrons. The van der Waals surface area contributed by atoms with E-state index in [1.807, 2.05) is 6.20 Å². The average Bonchev–Trinajstić information content (AvgIpc) is 2.52. The molecule has 1 N–H and O–H groups in total. The molecular formula is C15H25N3O2. The molecule has 0 spiro atoms. The Morgan fingerprint density at radius 2 is 2.20 bits per heavy atom. The lowest BCUT2D eigenvalue weighted by atomic mass is 10.1. The molecule has 1 aliphatic rings. The molecule has 20 heavy (non-hydrogen) atoms. The van der Waals surface area contributed by atoms with Crippen LogP contribution in [0.2, 0.25) is 0 Å². The van der Waals surface area contributed by atoms with Crippen LogP contribution in [0, 0.1) is 0 Å². The van der Waals surface area contributed by atoms with Crippen LogP contribution in [0.5, 0.6) is 0 Å². The first-order valence-corrected chi connectivity index (χ1v) is 7.26. The Morgan fingerprint density at radius 3 is 2.85 bits per heavy atom. The van der Waals surface area contributed by atoms with Crippen LogP contribution in [0.1, 0.15) is 18.4 Å². The van der Waals surface area contributed by atoms with E-state index in [4.69, 9.17) is 9.47 Å². The summed E-state index contributed by atoms with van der Waals surface area (Å²) in [5.74, 6) is 1.04. The van der Waals surface area contributed by atoms with Gasteiger partial charge in [0.15, 0.2) is 0 Å². The highest BCUT2D eigenvalue weighted by Crippen LogP contribution is 2.19. The van der Waals surface area contributed by atoms with Crippen molar-refractivity contribution in [3.63, 3.8) is 0 Å². The molecule has 0 unspecified atom stereocenters. The van der Waals surface area contributed by atoms with Crippen molar-refractivity contribution >= 4 is 5.82 Å². The zero-order valence-corrected chi connectivity index (χ0v) is 12.5. The van der Waals surface area contributed by atoms with Gasteiger partial charge in [0.25, 0.3) is 0 Å². The van der Waals surface area contributed by atoms with Gasteiger partial charge in [0.1, 0.15) is 5.82 Å². The van der Waals surface area contributed by atoms with Gasteiger partial charge in [-0.1, -0.05) is 6.07 Å². The standard InChI is InChI=1S/C15H25N3O2/c1-18(14-5-8-20-9-6-14)15-4-3-13(12-17-15)11-16-7-10-19-2/h3-4,12,14,16H,5-11H2,1-2H3. The van der Waals surface area contributed by atoms with Crippen molar-refractivity contribution in [1.29, 1.82) is 0 Å². The average molecular weight is 279 g/mol. The number of anilines is 1. The molecule has 5 nitrogen and oxygen atoms in total. The molecular weight excluding hydrogens is 254 g/mol. The predicted molar refractivity (Wildman–Crippen MR) is 80.1 cm³/mol. The Balaban J connectivity index is 1.83. The van der Waals surface area contributed by atoms with Crippen molar-refractivity contribution in [2.45, 2.75) is 25.4 Å². The van der Waals surface area contributed by atoms with E-state index in [1.165, 1.54) is 5.56 Å². The fourth-order valence-corrected chi connectivity index (χ4v) is 2.40. The quantitative estimate of drug-likeness (QED) is 0.765. The number of aromatic nitrogens is 1. The summed E-state index contributed by atoms with van der Waals surface area (Å²) in [5, 5.41) is 3.32. The Labute approximate surface area is 121 Å². The number of nitrogens with zero attached hydrogens (tertiary/aromatic N) is 2. The maximum Gasteiger partial charge on any atom is 0.128 e. The molecule has 1 saturated heterocycles. The van der Waals surface area contributed by atoms with Crippen molar-refractivity contribution in [3.05, 3.63) is 23.9 Å². The van der Waals surface area contributed by atoms with Crippen molar-refractivity contribution in [3.8, 4) is 0 Å². The zero-order chi connectivity index (χ0) is 14.2. The van der Waals surface area contributed by atoms with Crippen molar-refractivity contribution in [1.82, 2.24) is 10.3 Å². The number of nitrogens with one attached hydrogen (secondary N) is 1. The lowest BCUT2D eigenvalue weighted by molar-refractivity contribution is 0.0853. The third-order valence-corrected chi connectivity index (χ3v) is 3.72. The van der Waals surface area contributed by atoms with E-state index in [2.05, 4.69) is 34.4 Å². The molecule has 1 aromatic heterocycles. The van der Waals surface area contributed by atoms with Crippen LogP contribution >= 0.6 is 0 Å². The Kier molecular flexibility index (Phi) is 6.24. The summed E-state index contributed by atoms with van der Waals surface area (Å²) >= 11 is 0. The first-order chi connectivity index (χ1) is 9.81. The molecule has 0 aromatic carbocycles. The fourth-order valence-electron chi connectivity index (χ4n) is 2.40. The van der Waals surface area contributed by atoms with Crippen LogP contribution in [-0.2, 0) is 16.0 Å². The van der Waals surface area contributed by atoms with Gasteiger partial charge in [0.2, 0.25) is 0 Å². The van der Waals surface area contributed by atoms with E-state index in [0.29, 0.717) is 6.04 Å². The number of pyridine rings is 1. The molecule has 0 aliphatic carbocycles. The predicted octanol–water partition coefficient (Wildman–Crippen LogP) is 1.43. The molecule has 0 bridgehead atoms. The molecule has 0 radical (unpaired) electrons. The monoisotopic (exact) mass is 279 g/mol. The highest BCUT2D eigenvalue weighted by Gasteiger charge is 2.19. The van der Waals surface area contributed by atoms with Gasteiger partial charge in [0, 0.05) is 52.7 Å². The SMILES string of the molecule is COCCNCc1ccc(N(C)C2CCOCC2)nc1. The van der Waals surface area contributed by atoms with Gasteiger partial charge in [-0.3, -0.25) is 0 Å². The van der Waals surface area contributed by atoms with Crippen LogP contribution in [0.25, 0.3) is 0 Å². The van der Waals surface area contributed by atoms with Gasteiger partial charge in [0.05, 0.1) is 6.61 Å². The van der Waals surface area contributed by atoms with E-state index in [1.54, 1.807) is 7.11 Å². The Morgan fingerprint density at radius 1 is 1.40 bits per heavy atom. The van der Waals surface area contributed by atoms with Gasteiger partial charge in [-0.15, -0.1) is 0 Å². The number of hydrogen-bond donors (Lipinski definition) is 1. The number of hydrogen-bond acceptors (Lipinski definition) is 5. The van der Waals surface area contributed by atoms with E-state index in [-0.39, 0.29) is 0 Å². The topological polar surface area (TPSA) is 46.6 Å². The second-order valence-corrected chi connectivity index (χ2v) is 5.15. The van der Waals surface area contributed by atoms with Crippen LogP contribution < -0.4 is 10.2 Å². The minimum absolute atomic E-state index is 0.543. The number of ether oxygens (including phenoxy) is 2. The van der Waals surface area contributed by atoms with Gasteiger partial charge in [-0.25, -0.2) is 4.98 Å². The zero-order valence-electron chi connectivity index (χ0n) is 12.5. The van der Waals surface area contributed by atoms with E-state index in [0.717, 1.165) is 51.6 Å². The summed E-state index contributed by atoms with van der Waals surface area (Å²) in [6.07, 6.45) is 4.11. The smallest absolute Gasteiger partial charge is 0.128 e. The van der Waals surface area contributed by atoms with E-state index in [9.17, 15) is 0 Å². The summed E-state index contributed by atoms with van der Waals surface area (Å²) < 4.78 is 10.4. The normalized spacial score (nSPS) is 16.3. The molecule has 0 saturated carbocycles. The number of methoxy groups -OCH3 is 1. The molecule has 1 aliphatic heterocycles. The van der Waals surface area contributed by atoms with Gasteiger partial charge in [-0.05, 0) is 24.5 Å². The van der Waals surface area contributed by atoms with Crippen molar-refractivity contribution in [2.75, 3.05) is 45.4 Å². The minimum Gasteiger partial charge on any atom is -0.383 e. The minimum atomic E-state index is 0.543.